The van der Waals surface area contributed by atoms with E-state index in [4.69, 9.17) is 0 Å². The standard InChI is InChI=1S/C14H15F/c1-2-11-6-5-7-12(10-11)13-8-3-4-9-14(13)15/h3-10,13-14H,2H2,1H3. The second kappa shape index (κ2) is 4.43. The predicted molar refractivity (Wildman–Crippen MR) is 61.7 cm³/mol. The summed E-state index contributed by atoms with van der Waals surface area (Å²) in [5.41, 5.74) is 2.34. The van der Waals surface area contributed by atoms with Crippen molar-refractivity contribution < 1.29 is 4.39 Å². The Morgan fingerprint density at radius 3 is 2.73 bits per heavy atom. The summed E-state index contributed by atoms with van der Waals surface area (Å²) in [6, 6.07) is 8.19. The molecule has 0 heterocycles. The first-order valence-corrected chi connectivity index (χ1v) is 5.39. The van der Waals surface area contributed by atoms with E-state index < -0.39 is 6.17 Å². The number of benzene rings is 1. The Balaban J connectivity index is 2.28. The van der Waals surface area contributed by atoms with Crippen LogP contribution in [0.5, 0.6) is 0 Å². The minimum Gasteiger partial charge on any atom is -0.242 e. The number of alkyl halides is 1. The molecule has 0 nitrogen and oxygen atoms in total. The minimum absolute atomic E-state index is 0.110. The lowest BCUT2D eigenvalue weighted by Gasteiger charge is -2.18. The van der Waals surface area contributed by atoms with Crippen LogP contribution in [-0.4, -0.2) is 6.17 Å². The second-order valence-corrected chi connectivity index (χ2v) is 3.84. The van der Waals surface area contributed by atoms with Gasteiger partial charge in [-0.15, -0.1) is 0 Å². The van der Waals surface area contributed by atoms with Gasteiger partial charge in [-0.3, -0.25) is 0 Å². The number of allylic oxidation sites excluding steroid dienone is 4. The molecule has 0 saturated heterocycles. The SMILES string of the molecule is CCc1cccc(C2C=CC=CC2F)c1. The molecule has 0 aromatic heterocycles. The van der Waals surface area contributed by atoms with Crippen LogP contribution in [0.3, 0.4) is 0 Å². The van der Waals surface area contributed by atoms with Gasteiger partial charge in [0.15, 0.2) is 0 Å². The largest absolute Gasteiger partial charge is 0.242 e. The van der Waals surface area contributed by atoms with Crippen molar-refractivity contribution in [1.29, 1.82) is 0 Å². The Morgan fingerprint density at radius 1 is 1.20 bits per heavy atom. The van der Waals surface area contributed by atoms with Gasteiger partial charge in [0.2, 0.25) is 0 Å². The molecule has 1 aromatic carbocycles. The van der Waals surface area contributed by atoms with Crippen LogP contribution in [0, 0.1) is 0 Å². The van der Waals surface area contributed by atoms with Gasteiger partial charge in [0.25, 0.3) is 0 Å². The van der Waals surface area contributed by atoms with E-state index in [2.05, 4.69) is 19.1 Å². The minimum atomic E-state index is -0.887. The van der Waals surface area contributed by atoms with Gasteiger partial charge in [-0.1, -0.05) is 49.4 Å². The zero-order valence-corrected chi connectivity index (χ0v) is 8.86. The maximum absolute atomic E-state index is 13.6. The van der Waals surface area contributed by atoms with Gasteiger partial charge in [0, 0.05) is 5.92 Å². The highest BCUT2D eigenvalue weighted by Crippen LogP contribution is 2.27. The van der Waals surface area contributed by atoms with Crippen molar-refractivity contribution in [2.24, 2.45) is 0 Å². The van der Waals surface area contributed by atoms with Crippen LogP contribution in [-0.2, 0) is 6.42 Å². The Labute approximate surface area is 90.1 Å². The molecular formula is C14H15F. The number of aryl methyl sites for hydroxylation is 1. The Kier molecular flexibility index (Phi) is 3.00. The van der Waals surface area contributed by atoms with E-state index in [0.717, 1.165) is 12.0 Å². The first-order chi connectivity index (χ1) is 7.31. The monoisotopic (exact) mass is 202 g/mol. The average molecular weight is 202 g/mol. The van der Waals surface area contributed by atoms with Gasteiger partial charge in [-0.05, 0) is 23.6 Å². The smallest absolute Gasteiger partial charge is 0.129 e. The maximum Gasteiger partial charge on any atom is 0.129 e. The van der Waals surface area contributed by atoms with Crippen LogP contribution in [0.4, 0.5) is 4.39 Å². The molecule has 1 aliphatic carbocycles. The van der Waals surface area contributed by atoms with Crippen molar-refractivity contribution >= 4 is 0 Å². The summed E-state index contributed by atoms with van der Waals surface area (Å²) >= 11 is 0. The van der Waals surface area contributed by atoms with Crippen molar-refractivity contribution in [3.05, 3.63) is 59.7 Å². The lowest BCUT2D eigenvalue weighted by Crippen LogP contribution is -2.11. The number of hydrogen-bond donors (Lipinski definition) is 0. The van der Waals surface area contributed by atoms with E-state index >= 15 is 0 Å². The summed E-state index contributed by atoms with van der Waals surface area (Å²) in [7, 11) is 0. The quantitative estimate of drug-likeness (QED) is 0.684. The summed E-state index contributed by atoms with van der Waals surface area (Å²) in [5, 5.41) is 0. The summed E-state index contributed by atoms with van der Waals surface area (Å²) in [6.07, 6.45) is 7.34. The van der Waals surface area contributed by atoms with E-state index in [9.17, 15) is 4.39 Å². The molecule has 0 aliphatic heterocycles. The zero-order chi connectivity index (χ0) is 10.7. The Bertz CT molecular complexity index is 390. The highest BCUT2D eigenvalue weighted by Gasteiger charge is 2.19. The maximum atomic E-state index is 13.6. The molecule has 78 valence electrons. The van der Waals surface area contributed by atoms with Gasteiger partial charge >= 0.3 is 0 Å². The highest BCUT2D eigenvalue weighted by molar-refractivity contribution is 5.34. The van der Waals surface area contributed by atoms with Crippen molar-refractivity contribution in [2.45, 2.75) is 25.4 Å². The van der Waals surface area contributed by atoms with Crippen LogP contribution in [0.15, 0.2) is 48.6 Å². The molecular weight excluding hydrogens is 187 g/mol. The molecule has 15 heavy (non-hydrogen) atoms. The number of rotatable bonds is 2. The third-order valence-electron chi connectivity index (χ3n) is 2.81. The molecule has 1 aliphatic rings. The van der Waals surface area contributed by atoms with Gasteiger partial charge in [0.1, 0.15) is 6.17 Å². The zero-order valence-electron chi connectivity index (χ0n) is 8.86. The van der Waals surface area contributed by atoms with Crippen molar-refractivity contribution in [2.75, 3.05) is 0 Å². The fraction of sp³-hybridized carbons (Fsp3) is 0.286. The first-order valence-electron chi connectivity index (χ1n) is 5.39. The molecule has 0 radical (unpaired) electrons. The van der Waals surface area contributed by atoms with Crippen molar-refractivity contribution in [3.63, 3.8) is 0 Å². The number of halogens is 1. The molecule has 1 heteroatoms. The van der Waals surface area contributed by atoms with Crippen molar-refractivity contribution in [3.8, 4) is 0 Å². The molecule has 0 spiro atoms. The van der Waals surface area contributed by atoms with E-state index in [1.807, 2.05) is 24.3 Å². The van der Waals surface area contributed by atoms with Gasteiger partial charge in [-0.2, -0.15) is 0 Å². The van der Waals surface area contributed by atoms with Gasteiger partial charge < -0.3 is 0 Å². The summed E-state index contributed by atoms with van der Waals surface area (Å²) in [5.74, 6) is -0.110. The van der Waals surface area contributed by atoms with Crippen LogP contribution < -0.4 is 0 Å². The molecule has 1 aromatic rings. The molecule has 2 unspecified atom stereocenters. The van der Waals surface area contributed by atoms with Crippen molar-refractivity contribution in [1.82, 2.24) is 0 Å². The molecule has 0 saturated carbocycles. The lowest BCUT2D eigenvalue weighted by atomic mass is 9.90. The number of hydrogen-bond acceptors (Lipinski definition) is 0. The molecule has 0 bridgehead atoms. The Morgan fingerprint density at radius 2 is 2.00 bits per heavy atom. The van der Waals surface area contributed by atoms with E-state index in [1.165, 1.54) is 5.56 Å². The summed E-state index contributed by atoms with van der Waals surface area (Å²) in [6.45, 7) is 2.11. The van der Waals surface area contributed by atoms with Crippen LogP contribution >= 0.6 is 0 Å². The fourth-order valence-corrected chi connectivity index (χ4v) is 1.90. The summed E-state index contributed by atoms with van der Waals surface area (Å²) < 4.78 is 13.6. The molecule has 2 atom stereocenters. The van der Waals surface area contributed by atoms with E-state index in [0.29, 0.717) is 0 Å². The van der Waals surface area contributed by atoms with Crippen LogP contribution in [0.1, 0.15) is 24.0 Å². The van der Waals surface area contributed by atoms with E-state index in [-0.39, 0.29) is 5.92 Å². The Hall–Kier alpha value is -1.37. The molecule has 2 rings (SSSR count). The van der Waals surface area contributed by atoms with Crippen LogP contribution in [0.25, 0.3) is 0 Å². The fourth-order valence-electron chi connectivity index (χ4n) is 1.90. The second-order valence-electron chi connectivity index (χ2n) is 3.84. The highest BCUT2D eigenvalue weighted by atomic mass is 19.1. The normalized spacial score (nSPS) is 24.4. The molecule has 0 amide bonds. The first kappa shape index (κ1) is 10.2. The average Bonchev–Trinajstić information content (AvgIpc) is 2.30. The topological polar surface area (TPSA) is 0 Å². The summed E-state index contributed by atoms with van der Waals surface area (Å²) in [4.78, 5) is 0. The van der Waals surface area contributed by atoms with E-state index in [1.54, 1.807) is 12.2 Å². The third kappa shape index (κ3) is 2.17. The van der Waals surface area contributed by atoms with Gasteiger partial charge in [0.05, 0.1) is 0 Å². The van der Waals surface area contributed by atoms with Gasteiger partial charge in [-0.25, -0.2) is 4.39 Å². The van der Waals surface area contributed by atoms with Crippen LogP contribution in [0.2, 0.25) is 0 Å². The molecule has 0 N–H and O–H groups in total. The predicted octanol–water partition coefficient (Wildman–Crippen LogP) is 3.80. The lowest BCUT2D eigenvalue weighted by molar-refractivity contribution is 0.369. The molecule has 0 fully saturated rings. The third-order valence-corrected chi connectivity index (χ3v) is 2.81.